The molecule has 0 atom stereocenters. The Morgan fingerprint density at radius 2 is 2.00 bits per heavy atom. The number of hydrogen-bond donors (Lipinski definition) is 1. The molecule has 1 fully saturated rings. The van der Waals surface area contributed by atoms with E-state index < -0.39 is 0 Å². The van der Waals surface area contributed by atoms with E-state index in [-0.39, 0.29) is 0 Å². The van der Waals surface area contributed by atoms with Crippen LogP contribution in [0, 0.1) is 0 Å². The van der Waals surface area contributed by atoms with Crippen LogP contribution >= 0.6 is 11.8 Å². The summed E-state index contributed by atoms with van der Waals surface area (Å²) in [5.74, 6) is 2.49. The standard InChI is InChI=1S/C14H20N2S/c1-13(11-14-5-3-2-4-6-14)12-15-16-7-9-17-10-8-16/h2-6,11,15H,7-10,12H2,1H3/b13-11+. The summed E-state index contributed by atoms with van der Waals surface area (Å²) < 4.78 is 0. The van der Waals surface area contributed by atoms with E-state index in [4.69, 9.17) is 0 Å². The Labute approximate surface area is 108 Å². The van der Waals surface area contributed by atoms with E-state index in [9.17, 15) is 0 Å². The molecule has 3 heteroatoms. The molecule has 1 saturated heterocycles. The topological polar surface area (TPSA) is 15.3 Å². The molecule has 2 rings (SSSR count). The molecule has 0 bridgehead atoms. The number of nitrogens with one attached hydrogen (secondary N) is 1. The van der Waals surface area contributed by atoms with Gasteiger partial charge in [0.1, 0.15) is 0 Å². The molecule has 0 spiro atoms. The minimum atomic E-state index is 0.944. The molecule has 2 nitrogen and oxygen atoms in total. The predicted octanol–water partition coefficient (Wildman–Crippen LogP) is 2.64. The summed E-state index contributed by atoms with van der Waals surface area (Å²) in [6.07, 6.45) is 2.24. The van der Waals surface area contributed by atoms with Gasteiger partial charge < -0.3 is 0 Å². The molecule has 92 valence electrons. The number of hydrazine groups is 1. The van der Waals surface area contributed by atoms with Gasteiger partial charge in [-0.25, -0.2) is 5.01 Å². The van der Waals surface area contributed by atoms with E-state index in [1.54, 1.807) is 0 Å². The van der Waals surface area contributed by atoms with Crippen LogP contribution in [-0.2, 0) is 0 Å². The first-order chi connectivity index (χ1) is 8.34. The van der Waals surface area contributed by atoms with Crippen LogP contribution in [0.1, 0.15) is 12.5 Å². The van der Waals surface area contributed by atoms with E-state index in [0.29, 0.717) is 0 Å². The van der Waals surface area contributed by atoms with Crippen LogP contribution < -0.4 is 5.43 Å². The maximum atomic E-state index is 3.49. The molecular formula is C14H20N2S. The van der Waals surface area contributed by atoms with E-state index in [1.165, 1.54) is 22.6 Å². The summed E-state index contributed by atoms with van der Waals surface area (Å²) in [7, 11) is 0. The largest absolute Gasteiger partial charge is 0.251 e. The van der Waals surface area contributed by atoms with Gasteiger partial charge in [-0.15, -0.1) is 0 Å². The first kappa shape index (κ1) is 12.7. The highest BCUT2D eigenvalue weighted by atomic mass is 32.2. The number of thioether (sulfide) groups is 1. The van der Waals surface area contributed by atoms with E-state index >= 15 is 0 Å². The predicted molar refractivity (Wildman–Crippen MR) is 77.0 cm³/mol. The highest BCUT2D eigenvalue weighted by molar-refractivity contribution is 7.99. The number of hydrogen-bond acceptors (Lipinski definition) is 3. The Morgan fingerprint density at radius 3 is 2.71 bits per heavy atom. The molecule has 0 unspecified atom stereocenters. The Hall–Kier alpha value is -0.770. The lowest BCUT2D eigenvalue weighted by Gasteiger charge is -2.26. The second kappa shape index (κ2) is 6.84. The van der Waals surface area contributed by atoms with E-state index in [2.05, 4.69) is 53.8 Å². The quantitative estimate of drug-likeness (QED) is 0.882. The minimum absolute atomic E-state index is 0.944. The fraction of sp³-hybridized carbons (Fsp3) is 0.429. The third-order valence-electron chi connectivity index (χ3n) is 2.81. The van der Waals surface area contributed by atoms with Crippen LogP contribution in [0.15, 0.2) is 35.9 Å². The van der Waals surface area contributed by atoms with Crippen molar-refractivity contribution in [2.24, 2.45) is 0 Å². The van der Waals surface area contributed by atoms with Crippen molar-refractivity contribution < 1.29 is 0 Å². The van der Waals surface area contributed by atoms with Gasteiger partial charge in [0.15, 0.2) is 0 Å². The van der Waals surface area contributed by atoms with Crippen LogP contribution in [0.3, 0.4) is 0 Å². The Bertz CT molecular complexity index is 356. The first-order valence-corrected chi connectivity index (χ1v) is 7.28. The van der Waals surface area contributed by atoms with Crippen LogP contribution in [0.4, 0.5) is 0 Å². The van der Waals surface area contributed by atoms with Crippen molar-refractivity contribution >= 4 is 17.8 Å². The second-order valence-electron chi connectivity index (χ2n) is 4.34. The molecule has 0 aromatic heterocycles. The highest BCUT2D eigenvalue weighted by Crippen LogP contribution is 2.08. The normalized spacial score (nSPS) is 18.3. The maximum absolute atomic E-state index is 3.49. The molecule has 1 aliphatic heterocycles. The van der Waals surface area contributed by atoms with Crippen molar-refractivity contribution in [1.82, 2.24) is 10.4 Å². The molecule has 0 amide bonds. The van der Waals surface area contributed by atoms with Crippen molar-refractivity contribution in [2.75, 3.05) is 31.1 Å². The molecular weight excluding hydrogens is 228 g/mol. The van der Waals surface area contributed by atoms with Crippen LogP contribution in [0.2, 0.25) is 0 Å². The fourth-order valence-electron chi connectivity index (χ4n) is 1.84. The summed E-state index contributed by atoms with van der Waals surface area (Å²) >= 11 is 2.04. The van der Waals surface area contributed by atoms with Gasteiger partial charge in [-0.2, -0.15) is 11.8 Å². The monoisotopic (exact) mass is 248 g/mol. The highest BCUT2D eigenvalue weighted by Gasteiger charge is 2.08. The molecule has 1 aromatic carbocycles. The minimum Gasteiger partial charge on any atom is -0.251 e. The molecule has 0 radical (unpaired) electrons. The van der Waals surface area contributed by atoms with E-state index in [0.717, 1.165) is 19.6 Å². The lowest BCUT2D eigenvalue weighted by atomic mass is 10.1. The van der Waals surface area contributed by atoms with Gasteiger partial charge in [-0.3, -0.25) is 5.43 Å². The number of rotatable bonds is 4. The van der Waals surface area contributed by atoms with Gasteiger partial charge in [0.25, 0.3) is 0 Å². The van der Waals surface area contributed by atoms with Gasteiger partial charge in [0.2, 0.25) is 0 Å². The number of benzene rings is 1. The van der Waals surface area contributed by atoms with Gasteiger partial charge in [-0.05, 0) is 12.5 Å². The van der Waals surface area contributed by atoms with Crippen LogP contribution in [0.25, 0.3) is 6.08 Å². The smallest absolute Gasteiger partial charge is 0.0313 e. The van der Waals surface area contributed by atoms with Crippen LogP contribution in [-0.4, -0.2) is 36.1 Å². The summed E-state index contributed by atoms with van der Waals surface area (Å²) in [5, 5.41) is 2.33. The molecule has 0 saturated carbocycles. The Balaban J connectivity index is 1.80. The first-order valence-electron chi connectivity index (χ1n) is 6.13. The summed E-state index contributed by atoms with van der Waals surface area (Å²) in [4.78, 5) is 0. The molecule has 1 aromatic rings. The lowest BCUT2D eigenvalue weighted by molar-refractivity contribution is 0.217. The summed E-state index contributed by atoms with van der Waals surface area (Å²) in [5.41, 5.74) is 6.14. The molecule has 0 aliphatic carbocycles. The summed E-state index contributed by atoms with van der Waals surface area (Å²) in [6, 6.07) is 10.5. The van der Waals surface area contributed by atoms with Crippen LogP contribution in [0.5, 0.6) is 0 Å². The molecule has 1 N–H and O–H groups in total. The van der Waals surface area contributed by atoms with Gasteiger partial charge >= 0.3 is 0 Å². The molecule has 1 heterocycles. The second-order valence-corrected chi connectivity index (χ2v) is 5.56. The number of nitrogens with zero attached hydrogens (tertiary/aromatic N) is 1. The zero-order valence-electron chi connectivity index (χ0n) is 10.4. The van der Waals surface area contributed by atoms with Gasteiger partial charge in [0.05, 0.1) is 0 Å². The van der Waals surface area contributed by atoms with Crippen molar-refractivity contribution in [3.05, 3.63) is 41.5 Å². The van der Waals surface area contributed by atoms with Crippen molar-refractivity contribution in [3.8, 4) is 0 Å². The Morgan fingerprint density at radius 1 is 1.29 bits per heavy atom. The fourth-order valence-corrected chi connectivity index (χ4v) is 2.75. The average molecular weight is 248 g/mol. The van der Waals surface area contributed by atoms with Crippen molar-refractivity contribution in [1.29, 1.82) is 0 Å². The average Bonchev–Trinajstić information content (AvgIpc) is 2.39. The van der Waals surface area contributed by atoms with Gasteiger partial charge in [0, 0.05) is 31.1 Å². The summed E-state index contributed by atoms with van der Waals surface area (Å²) in [6.45, 7) is 5.44. The zero-order chi connectivity index (χ0) is 11.9. The third-order valence-corrected chi connectivity index (χ3v) is 3.75. The molecule has 1 aliphatic rings. The maximum Gasteiger partial charge on any atom is 0.0313 e. The lowest BCUT2D eigenvalue weighted by Crippen LogP contribution is -2.44. The third kappa shape index (κ3) is 4.54. The molecule has 17 heavy (non-hydrogen) atoms. The van der Waals surface area contributed by atoms with Crippen molar-refractivity contribution in [3.63, 3.8) is 0 Å². The van der Waals surface area contributed by atoms with Crippen molar-refractivity contribution in [2.45, 2.75) is 6.92 Å². The Kier molecular flexibility index (Phi) is 5.10. The van der Waals surface area contributed by atoms with Gasteiger partial charge in [-0.1, -0.05) is 42.0 Å². The zero-order valence-corrected chi connectivity index (χ0v) is 11.2. The van der Waals surface area contributed by atoms with E-state index in [1.807, 2.05) is 11.8 Å². The SMILES string of the molecule is C/C(=C\c1ccccc1)CNN1CCSCC1.